The number of nitrogens with one attached hydrogen (secondary N) is 1. The van der Waals surface area contributed by atoms with E-state index in [0.717, 1.165) is 33.8 Å². The number of benzene rings is 2. The molecule has 0 bridgehead atoms. The van der Waals surface area contributed by atoms with E-state index in [0.29, 0.717) is 10.9 Å². The van der Waals surface area contributed by atoms with Gasteiger partial charge in [-0.3, -0.25) is 4.98 Å². The van der Waals surface area contributed by atoms with Crippen LogP contribution >= 0.6 is 12.2 Å². The maximum absolute atomic E-state index is 13.4. The molecule has 1 saturated heterocycles. The fourth-order valence-electron chi connectivity index (χ4n) is 4.29. The lowest BCUT2D eigenvalue weighted by molar-refractivity contribution is 0.439. The van der Waals surface area contributed by atoms with Crippen LogP contribution in [0.1, 0.15) is 34.7 Å². The van der Waals surface area contributed by atoms with E-state index in [4.69, 9.17) is 16.6 Å². The number of hydrogen-bond acceptors (Lipinski definition) is 3. The number of nitrogens with zero attached hydrogens (tertiary/aromatic N) is 2. The van der Waals surface area contributed by atoms with Gasteiger partial charge in [-0.15, -0.1) is 0 Å². The molecule has 0 radical (unpaired) electrons. The van der Waals surface area contributed by atoms with Crippen LogP contribution in [0.15, 0.2) is 83.4 Å². The molecule has 0 unspecified atom stereocenters. The third-order valence-electron chi connectivity index (χ3n) is 5.63. The minimum absolute atomic E-state index is 0.184. The van der Waals surface area contributed by atoms with Gasteiger partial charge in [-0.2, -0.15) is 0 Å². The normalized spacial score (nSPS) is 18.1. The highest BCUT2D eigenvalue weighted by Crippen LogP contribution is 2.43. The topological polar surface area (TPSA) is 41.3 Å². The van der Waals surface area contributed by atoms with Crippen molar-refractivity contribution >= 4 is 23.0 Å². The van der Waals surface area contributed by atoms with Crippen molar-refractivity contribution in [2.75, 3.05) is 4.90 Å². The van der Waals surface area contributed by atoms with Crippen molar-refractivity contribution in [2.24, 2.45) is 0 Å². The molecule has 32 heavy (non-hydrogen) atoms. The summed E-state index contributed by atoms with van der Waals surface area (Å²) in [7, 11) is 0. The number of hydrogen-bond donors (Lipinski definition) is 1. The van der Waals surface area contributed by atoms with Crippen molar-refractivity contribution in [2.45, 2.75) is 25.9 Å². The molecule has 1 aliphatic heterocycles. The molecular formula is C26H22FN3OS. The third kappa shape index (κ3) is 3.78. The number of aryl methyl sites for hydroxylation is 2. The van der Waals surface area contributed by atoms with Gasteiger partial charge in [0, 0.05) is 17.4 Å². The fourth-order valence-corrected chi connectivity index (χ4v) is 4.64. The van der Waals surface area contributed by atoms with Crippen LogP contribution < -0.4 is 10.2 Å². The Labute approximate surface area is 191 Å². The highest BCUT2D eigenvalue weighted by Gasteiger charge is 2.42. The SMILES string of the molecule is Cc1cc(C)cc(N2C(=S)N[C@H](c3ccccn3)[C@@H]2c2ccc(-c3ccc(F)cc3)o2)c1. The smallest absolute Gasteiger partial charge is 0.174 e. The van der Waals surface area contributed by atoms with E-state index in [-0.39, 0.29) is 17.9 Å². The van der Waals surface area contributed by atoms with E-state index in [1.165, 1.54) is 12.1 Å². The monoisotopic (exact) mass is 443 g/mol. The first kappa shape index (κ1) is 20.4. The molecule has 0 saturated carbocycles. The largest absolute Gasteiger partial charge is 0.459 e. The summed E-state index contributed by atoms with van der Waals surface area (Å²) in [6.45, 7) is 4.15. The average molecular weight is 444 g/mol. The zero-order valence-corrected chi connectivity index (χ0v) is 18.6. The molecule has 3 heterocycles. The number of rotatable bonds is 4. The van der Waals surface area contributed by atoms with Crippen LogP contribution in [-0.2, 0) is 0 Å². The lowest BCUT2D eigenvalue weighted by Gasteiger charge is -2.26. The second-order valence-corrected chi connectivity index (χ2v) is 8.44. The van der Waals surface area contributed by atoms with Crippen LogP contribution in [0.4, 0.5) is 10.1 Å². The van der Waals surface area contributed by atoms with E-state index in [1.807, 2.05) is 30.3 Å². The van der Waals surface area contributed by atoms with E-state index >= 15 is 0 Å². The number of furan rings is 1. The number of thiocarbonyl (C=S) groups is 1. The second-order valence-electron chi connectivity index (χ2n) is 8.05. The molecule has 5 rings (SSSR count). The molecule has 1 N–H and O–H groups in total. The van der Waals surface area contributed by atoms with Gasteiger partial charge in [-0.1, -0.05) is 12.1 Å². The standard InChI is InChI=1S/C26H22FN3OS/c1-16-13-17(2)15-20(14-16)30-25(24(29-26(30)32)21-5-3-4-12-28-21)23-11-10-22(31-23)18-6-8-19(27)9-7-18/h3-15,24-25H,1-2H3,(H,29,32)/t24-,25+/m1/s1. The van der Waals surface area contributed by atoms with E-state index in [1.54, 1.807) is 18.3 Å². The minimum atomic E-state index is -0.276. The van der Waals surface area contributed by atoms with Crippen LogP contribution in [0.5, 0.6) is 0 Å². The Morgan fingerprint density at radius 1 is 0.969 bits per heavy atom. The molecule has 4 nitrogen and oxygen atoms in total. The summed E-state index contributed by atoms with van der Waals surface area (Å²) < 4.78 is 19.7. The van der Waals surface area contributed by atoms with E-state index < -0.39 is 0 Å². The van der Waals surface area contributed by atoms with E-state index in [9.17, 15) is 4.39 Å². The summed E-state index contributed by atoms with van der Waals surface area (Å²) in [5.74, 6) is 1.16. The molecular weight excluding hydrogens is 421 g/mol. The van der Waals surface area contributed by atoms with Crippen LogP contribution in [0.3, 0.4) is 0 Å². The molecule has 4 aromatic rings. The molecule has 0 aliphatic carbocycles. The molecule has 2 aromatic heterocycles. The minimum Gasteiger partial charge on any atom is -0.459 e. The Morgan fingerprint density at radius 3 is 2.41 bits per heavy atom. The second kappa shape index (κ2) is 8.20. The number of aromatic nitrogens is 1. The van der Waals surface area contributed by atoms with Crippen molar-refractivity contribution in [1.29, 1.82) is 0 Å². The summed E-state index contributed by atoms with van der Waals surface area (Å²) in [6, 6.07) is 22.0. The zero-order chi connectivity index (χ0) is 22.2. The number of halogens is 1. The summed E-state index contributed by atoms with van der Waals surface area (Å²) in [5.41, 5.74) is 5.02. The van der Waals surface area contributed by atoms with Gasteiger partial charge >= 0.3 is 0 Å². The van der Waals surface area contributed by atoms with Gasteiger partial charge < -0.3 is 14.6 Å². The average Bonchev–Trinajstić information content (AvgIpc) is 3.39. The molecule has 1 fully saturated rings. The van der Waals surface area contributed by atoms with Crippen LogP contribution in [0.25, 0.3) is 11.3 Å². The van der Waals surface area contributed by atoms with Gasteiger partial charge in [0.2, 0.25) is 0 Å². The van der Waals surface area contributed by atoms with Gasteiger partial charge in [-0.05, 0) is 97.9 Å². The zero-order valence-electron chi connectivity index (χ0n) is 17.7. The third-order valence-corrected chi connectivity index (χ3v) is 5.94. The summed E-state index contributed by atoms with van der Waals surface area (Å²) >= 11 is 5.78. The first-order chi connectivity index (χ1) is 15.5. The predicted octanol–water partition coefficient (Wildman–Crippen LogP) is 6.27. The molecule has 0 amide bonds. The summed E-state index contributed by atoms with van der Waals surface area (Å²) in [6.07, 6.45) is 1.78. The lowest BCUT2D eigenvalue weighted by Crippen LogP contribution is -2.29. The molecule has 6 heteroatoms. The van der Waals surface area contributed by atoms with Gasteiger partial charge in [0.05, 0.1) is 11.7 Å². The first-order valence-corrected chi connectivity index (χ1v) is 10.8. The Balaban J connectivity index is 1.61. The molecule has 2 atom stereocenters. The quantitative estimate of drug-likeness (QED) is 0.376. The fraction of sp³-hybridized carbons (Fsp3) is 0.154. The highest BCUT2D eigenvalue weighted by atomic mass is 32.1. The van der Waals surface area contributed by atoms with Crippen molar-refractivity contribution in [3.63, 3.8) is 0 Å². The van der Waals surface area contributed by atoms with Crippen molar-refractivity contribution in [3.8, 4) is 11.3 Å². The van der Waals surface area contributed by atoms with Gasteiger partial charge in [0.25, 0.3) is 0 Å². The van der Waals surface area contributed by atoms with Crippen molar-refractivity contribution < 1.29 is 8.81 Å². The first-order valence-electron chi connectivity index (χ1n) is 10.4. The Bertz CT molecular complexity index is 1250. The predicted molar refractivity (Wildman–Crippen MR) is 128 cm³/mol. The number of anilines is 1. The van der Waals surface area contributed by atoms with Gasteiger partial charge in [0.1, 0.15) is 23.4 Å². The molecule has 160 valence electrons. The summed E-state index contributed by atoms with van der Waals surface area (Å²) in [4.78, 5) is 6.68. The molecule has 2 aromatic carbocycles. The van der Waals surface area contributed by atoms with Crippen LogP contribution in [0.2, 0.25) is 0 Å². The lowest BCUT2D eigenvalue weighted by atomic mass is 10.0. The van der Waals surface area contributed by atoms with Gasteiger partial charge in [-0.25, -0.2) is 4.39 Å². The van der Waals surface area contributed by atoms with Gasteiger partial charge in [0.15, 0.2) is 5.11 Å². The molecule has 1 aliphatic rings. The van der Waals surface area contributed by atoms with Crippen LogP contribution in [0, 0.1) is 19.7 Å². The maximum Gasteiger partial charge on any atom is 0.174 e. The van der Waals surface area contributed by atoms with E-state index in [2.05, 4.69) is 47.2 Å². The molecule has 0 spiro atoms. The number of pyridine rings is 1. The Morgan fingerprint density at radius 2 is 1.72 bits per heavy atom. The van der Waals surface area contributed by atoms with Crippen molar-refractivity contribution in [1.82, 2.24) is 10.3 Å². The maximum atomic E-state index is 13.4. The Hall–Kier alpha value is -3.51. The highest BCUT2D eigenvalue weighted by molar-refractivity contribution is 7.80. The van der Waals surface area contributed by atoms with Crippen molar-refractivity contribution in [3.05, 3.63) is 107 Å². The van der Waals surface area contributed by atoms with Crippen LogP contribution in [-0.4, -0.2) is 10.1 Å². The Kier molecular flexibility index (Phi) is 5.23. The summed E-state index contributed by atoms with van der Waals surface area (Å²) in [5, 5.41) is 4.07.